The highest BCUT2D eigenvalue weighted by Gasteiger charge is 2.40. The van der Waals surface area contributed by atoms with Crippen molar-refractivity contribution in [1.29, 1.82) is 0 Å². The van der Waals surface area contributed by atoms with Crippen LogP contribution in [0.15, 0.2) is 9.85 Å². The van der Waals surface area contributed by atoms with Gasteiger partial charge in [0.15, 0.2) is 0 Å². The van der Waals surface area contributed by atoms with Gasteiger partial charge in [0, 0.05) is 4.88 Å². The highest BCUT2D eigenvalue weighted by atomic mass is 79.9. The zero-order valence-corrected chi connectivity index (χ0v) is 9.98. The van der Waals surface area contributed by atoms with Crippen molar-refractivity contribution in [3.05, 3.63) is 20.3 Å². The van der Waals surface area contributed by atoms with Gasteiger partial charge >= 0.3 is 6.18 Å². The van der Waals surface area contributed by atoms with Gasteiger partial charge < -0.3 is 5.32 Å². The van der Waals surface area contributed by atoms with E-state index in [2.05, 4.69) is 21.2 Å². The number of aryl methyl sites for hydroxylation is 1. The van der Waals surface area contributed by atoms with Gasteiger partial charge in [0.25, 0.3) is 0 Å². The Bertz CT molecular complexity index is 301. The number of hydrogen-bond donors (Lipinski definition) is 1. The molecule has 80 valence electrons. The van der Waals surface area contributed by atoms with Crippen molar-refractivity contribution in [2.24, 2.45) is 0 Å². The van der Waals surface area contributed by atoms with Gasteiger partial charge in [-0.15, -0.1) is 11.3 Å². The maximum absolute atomic E-state index is 12.5. The van der Waals surface area contributed by atoms with Crippen LogP contribution in [0.1, 0.15) is 16.5 Å². The van der Waals surface area contributed by atoms with Crippen LogP contribution in [0.3, 0.4) is 0 Å². The second-order valence-electron chi connectivity index (χ2n) is 2.87. The lowest BCUT2D eigenvalue weighted by Crippen LogP contribution is -2.30. The van der Waals surface area contributed by atoms with Gasteiger partial charge in [0.1, 0.15) is 6.04 Å². The highest BCUT2D eigenvalue weighted by molar-refractivity contribution is 9.11. The standard InChI is InChI=1S/C8H9BrF3NS/c1-4-3-5(14-7(4)9)6(13-2)8(10,11)12/h3,6,13H,1-2H3. The summed E-state index contributed by atoms with van der Waals surface area (Å²) in [4.78, 5) is 0.282. The number of hydrogen-bond acceptors (Lipinski definition) is 2. The predicted molar refractivity (Wildman–Crippen MR) is 54.6 cm³/mol. The largest absolute Gasteiger partial charge is 0.408 e. The Labute approximate surface area is 92.4 Å². The molecule has 0 saturated carbocycles. The van der Waals surface area contributed by atoms with E-state index in [9.17, 15) is 13.2 Å². The lowest BCUT2D eigenvalue weighted by Gasteiger charge is -2.17. The Kier molecular flexibility index (Phi) is 3.60. The van der Waals surface area contributed by atoms with Crippen molar-refractivity contribution >= 4 is 27.3 Å². The molecule has 1 rings (SSSR count). The van der Waals surface area contributed by atoms with Crippen molar-refractivity contribution in [3.63, 3.8) is 0 Å². The normalized spacial score (nSPS) is 14.4. The number of halogens is 4. The molecule has 0 aliphatic rings. The number of alkyl halides is 3. The van der Waals surface area contributed by atoms with E-state index >= 15 is 0 Å². The first-order valence-corrected chi connectivity index (χ1v) is 5.47. The minimum atomic E-state index is -4.24. The molecule has 0 aromatic carbocycles. The molecule has 1 atom stereocenters. The van der Waals surface area contributed by atoms with Crippen LogP contribution in [0, 0.1) is 6.92 Å². The van der Waals surface area contributed by atoms with E-state index in [-0.39, 0.29) is 4.88 Å². The summed E-state index contributed by atoms with van der Waals surface area (Å²) in [6.07, 6.45) is -4.24. The highest BCUT2D eigenvalue weighted by Crippen LogP contribution is 2.38. The fourth-order valence-corrected chi connectivity index (χ4v) is 2.80. The first kappa shape index (κ1) is 12.0. The lowest BCUT2D eigenvalue weighted by atomic mass is 10.2. The fraction of sp³-hybridized carbons (Fsp3) is 0.500. The first-order valence-electron chi connectivity index (χ1n) is 3.86. The van der Waals surface area contributed by atoms with Gasteiger partial charge in [-0.2, -0.15) is 13.2 Å². The monoisotopic (exact) mass is 287 g/mol. The molecule has 1 aromatic rings. The molecule has 1 nitrogen and oxygen atoms in total. The summed E-state index contributed by atoms with van der Waals surface area (Å²) in [6, 6.07) is -0.0267. The van der Waals surface area contributed by atoms with Crippen molar-refractivity contribution in [2.45, 2.75) is 19.1 Å². The van der Waals surface area contributed by atoms with Crippen LogP contribution in [-0.2, 0) is 0 Å². The molecule has 0 aliphatic carbocycles. The molecular formula is C8H9BrF3NS. The van der Waals surface area contributed by atoms with E-state index < -0.39 is 12.2 Å². The molecule has 1 N–H and O–H groups in total. The summed E-state index contributed by atoms with van der Waals surface area (Å²) in [6.45, 7) is 1.77. The Balaban J connectivity index is 3.01. The van der Waals surface area contributed by atoms with Crippen molar-refractivity contribution in [1.82, 2.24) is 5.32 Å². The van der Waals surface area contributed by atoms with E-state index in [0.717, 1.165) is 20.7 Å². The molecule has 0 spiro atoms. The van der Waals surface area contributed by atoms with Crippen LogP contribution < -0.4 is 5.32 Å². The van der Waals surface area contributed by atoms with Crippen molar-refractivity contribution in [2.75, 3.05) is 7.05 Å². The topological polar surface area (TPSA) is 12.0 Å². The second kappa shape index (κ2) is 4.20. The summed E-state index contributed by atoms with van der Waals surface area (Å²) in [5.41, 5.74) is 0.828. The number of rotatable bonds is 2. The molecular weight excluding hydrogens is 279 g/mol. The van der Waals surface area contributed by atoms with Crippen LogP contribution in [0.2, 0.25) is 0 Å². The number of thiophene rings is 1. The molecule has 1 aromatic heterocycles. The van der Waals surface area contributed by atoms with Gasteiger partial charge in [-0.1, -0.05) is 0 Å². The Morgan fingerprint density at radius 2 is 2.07 bits per heavy atom. The fourth-order valence-electron chi connectivity index (χ4n) is 1.09. The summed E-state index contributed by atoms with van der Waals surface area (Å²) < 4.78 is 38.2. The SMILES string of the molecule is CNC(c1cc(C)c(Br)s1)C(F)(F)F. The van der Waals surface area contributed by atoms with Gasteiger partial charge in [-0.3, -0.25) is 0 Å². The molecule has 0 fully saturated rings. The average molecular weight is 288 g/mol. The third-order valence-electron chi connectivity index (χ3n) is 1.78. The minimum Gasteiger partial charge on any atom is -0.305 e. The van der Waals surface area contributed by atoms with Gasteiger partial charge in [0.05, 0.1) is 3.79 Å². The Morgan fingerprint density at radius 3 is 2.36 bits per heavy atom. The summed E-state index contributed by atoms with van der Waals surface area (Å²) in [7, 11) is 1.31. The zero-order chi connectivity index (χ0) is 10.9. The van der Waals surface area contributed by atoms with Crippen LogP contribution in [0.4, 0.5) is 13.2 Å². The lowest BCUT2D eigenvalue weighted by molar-refractivity contribution is -0.155. The quantitative estimate of drug-likeness (QED) is 0.876. The van der Waals surface area contributed by atoms with Crippen molar-refractivity contribution < 1.29 is 13.2 Å². The molecule has 1 heterocycles. The predicted octanol–water partition coefficient (Wildman–Crippen LogP) is 3.64. The molecule has 14 heavy (non-hydrogen) atoms. The third kappa shape index (κ3) is 2.49. The van der Waals surface area contributed by atoms with Gasteiger partial charge in [-0.25, -0.2) is 0 Å². The van der Waals surface area contributed by atoms with Crippen LogP contribution in [0.5, 0.6) is 0 Å². The summed E-state index contributed by atoms with van der Waals surface area (Å²) >= 11 is 4.31. The molecule has 0 radical (unpaired) electrons. The van der Waals surface area contributed by atoms with E-state index in [1.165, 1.54) is 7.05 Å². The van der Waals surface area contributed by atoms with E-state index in [1.807, 2.05) is 0 Å². The van der Waals surface area contributed by atoms with E-state index in [4.69, 9.17) is 0 Å². The van der Waals surface area contributed by atoms with Gasteiger partial charge in [0.2, 0.25) is 0 Å². The Hall–Kier alpha value is -0.0700. The van der Waals surface area contributed by atoms with Crippen LogP contribution in [-0.4, -0.2) is 13.2 Å². The first-order chi connectivity index (χ1) is 6.36. The average Bonchev–Trinajstić information content (AvgIpc) is 2.30. The van der Waals surface area contributed by atoms with E-state index in [1.54, 1.807) is 13.0 Å². The maximum atomic E-state index is 12.5. The Morgan fingerprint density at radius 1 is 1.50 bits per heavy atom. The molecule has 1 unspecified atom stereocenters. The van der Waals surface area contributed by atoms with Crippen LogP contribution in [0.25, 0.3) is 0 Å². The molecule has 6 heteroatoms. The third-order valence-corrected chi connectivity index (χ3v) is 3.98. The van der Waals surface area contributed by atoms with Crippen LogP contribution >= 0.6 is 27.3 Å². The molecule has 0 aliphatic heterocycles. The smallest absolute Gasteiger partial charge is 0.305 e. The molecule has 0 amide bonds. The summed E-state index contributed by atoms with van der Waals surface area (Å²) in [5, 5.41) is 2.26. The molecule has 0 bridgehead atoms. The maximum Gasteiger partial charge on any atom is 0.408 e. The zero-order valence-electron chi connectivity index (χ0n) is 7.57. The van der Waals surface area contributed by atoms with Gasteiger partial charge in [-0.05, 0) is 41.5 Å². The van der Waals surface area contributed by atoms with Crippen molar-refractivity contribution in [3.8, 4) is 0 Å². The van der Waals surface area contributed by atoms with E-state index in [0.29, 0.717) is 0 Å². The number of nitrogens with one attached hydrogen (secondary N) is 1. The second-order valence-corrected chi connectivity index (χ2v) is 5.27. The minimum absolute atomic E-state index is 0.282. The summed E-state index contributed by atoms with van der Waals surface area (Å²) in [5.74, 6) is 0. The molecule has 0 saturated heterocycles.